The van der Waals surface area contributed by atoms with Crippen LogP contribution >= 0.6 is 11.3 Å². The van der Waals surface area contributed by atoms with Crippen molar-refractivity contribution >= 4 is 23.2 Å². The van der Waals surface area contributed by atoms with Gasteiger partial charge < -0.3 is 14.7 Å². The third kappa shape index (κ3) is 2.96. The van der Waals surface area contributed by atoms with Crippen molar-refractivity contribution in [3.8, 4) is 0 Å². The Kier molecular flexibility index (Phi) is 4.21. The highest BCUT2D eigenvalue weighted by Gasteiger charge is 2.30. The van der Waals surface area contributed by atoms with Crippen molar-refractivity contribution in [3.63, 3.8) is 0 Å². The van der Waals surface area contributed by atoms with E-state index in [1.54, 1.807) is 4.90 Å². The van der Waals surface area contributed by atoms with Crippen molar-refractivity contribution in [1.29, 1.82) is 0 Å². The van der Waals surface area contributed by atoms with E-state index >= 15 is 0 Å². The molecule has 2 heterocycles. The topological polar surface area (TPSA) is 66.8 Å². The normalized spacial score (nSPS) is 19.5. The summed E-state index contributed by atoms with van der Waals surface area (Å²) >= 11 is 1.47. The first-order valence-corrected chi connectivity index (χ1v) is 7.07. The zero-order valence-electron chi connectivity index (χ0n) is 11.0. The lowest BCUT2D eigenvalue weighted by Gasteiger charge is -2.30. The Labute approximate surface area is 115 Å². The van der Waals surface area contributed by atoms with Gasteiger partial charge in [-0.2, -0.15) is 0 Å². The second kappa shape index (κ2) is 5.71. The highest BCUT2D eigenvalue weighted by molar-refractivity contribution is 7.14. The van der Waals surface area contributed by atoms with E-state index in [0.29, 0.717) is 11.4 Å². The van der Waals surface area contributed by atoms with Crippen molar-refractivity contribution in [2.45, 2.75) is 26.4 Å². The Morgan fingerprint density at radius 3 is 2.89 bits per heavy atom. The van der Waals surface area contributed by atoms with Crippen LogP contribution in [0.5, 0.6) is 0 Å². The average molecular weight is 283 g/mol. The summed E-state index contributed by atoms with van der Waals surface area (Å²) in [5.74, 6) is -1.11. The molecule has 1 unspecified atom stereocenters. The minimum Gasteiger partial charge on any atom is -0.479 e. The van der Waals surface area contributed by atoms with Gasteiger partial charge in [-0.05, 0) is 25.0 Å². The summed E-state index contributed by atoms with van der Waals surface area (Å²) in [4.78, 5) is 26.6. The quantitative estimate of drug-likeness (QED) is 0.914. The number of ether oxygens (including phenoxy) is 1. The number of carbonyl (C=O) groups is 2. The van der Waals surface area contributed by atoms with Gasteiger partial charge in [-0.3, -0.25) is 4.79 Å². The summed E-state index contributed by atoms with van der Waals surface area (Å²) in [6.07, 6.45) is -0.0133. The van der Waals surface area contributed by atoms with Gasteiger partial charge in [-0.15, -0.1) is 11.3 Å². The Balaban J connectivity index is 2.12. The van der Waals surface area contributed by atoms with Crippen LogP contribution in [-0.2, 0) is 16.0 Å². The smallest absolute Gasteiger partial charge is 0.334 e. The second-order valence-electron chi connectivity index (χ2n) is 4.49. The molecule has 0 aromatic carbocycles. The minimum atomic E-state index is -1.02. The molecule has 0 saturated carbocycles. The number of carboxylic acids is 1. The molecule has 104 valence electrons. The van der Waals surface area contributed by atoms with Gasteiger partial charge in [0, 0.05) is 11.4 Å². The van der Waals surface area contributed by atoms with Gasteiger partial charge in [-0.25, -0.2) is 4.79 Å². The first-order chi connectivity index (χ1) is 9.02. The van der Waals surface area contributed by atoms with Crippen LogP contribution in [0, 0.1) is 6.92 Å². The van der Waals surface area contributed by atoms with Gasteiger partial charge in [-0.1, -0.05) is 6.92 Å². The molecule has 1 aliphatic heterocycles. The van der Waals surface area contributed by atoms with Crippen molar-refractivity contribution < 1.29 is 19.4 Å². The maximum absolute atomic E-state index is 12.3. The fourth-order valence-corrected chi connectivity index (χ4v) is 3.20. The van der Waals surface area contributed by atoms with E-state index in [4.69, 9.17) is 9.84 Å². The van der Waals surface area contributed by atoms with E-state index in [-0.39, 0.29) is 19.1 Å². The summed E-state index contributed by atoms with van der Waals surface area (Å²) < 4.78 is 5.12. The summed E-state index contributed by atoms with van der Waals surface area (Å²) in [5.41, 5.74) is 1.18. The van der Waals surface area contributed by atoms with Crippen LogP contribution in [0.1, 0.15) is 27.0 Å². The third-order valence-electron chi connectivity index (χ3n) is 3.24. The molecule has 1 amide bonds. The summed E-state index contributed by atoms with van der Waals surface area (Å²) in [5, 5.41) is 8.93. The molecule has 0 radical (unpaired) electrons. The molecule has 1 atom stereocenters. The van der Waals surface area contributed by atoms with Crippen LogP contribution in [0.4, 0.5) is 0 Å². The third-order valence-corrected chi connectivity index (χ3v) is 4.32. The van der Waals surface area contributed by atoms with E-state index < -0.39 is 12.1 Å². The average Bonchev–Trinajstić information content (AvgIpc) is 2.79. The van der Waals surface area contributed by atoms with Crippen molar-refractivity contribution in [2.75, 3.05) is 19.7 Å². The van der Waals surface area contributed by atoms with Gasteiger partial charge >= 0.3 is 5.97 Å². The second-order valence-corrected chi connectivity index (χ2v) is 5.75. The first-order valence-electron chi connectivity index (χ1n) is 6.26. The van der Waals surface area contributed by atoms with Gasteiger partial charge in [0.15, 0.2) is 6.10 Å². The van der Waals surface area contributed by atoms with Gasteiger partial charge in [0.2, 0.25) is 0 Å². The molecule has 1 fully saturated rings. The Bertz CT molecular complexity index is 497. The van der Waals surface area contributed by atoms with Crippen LogP contribution in [0.15, 0.2) is 6.07 Å². The fourth-order valence-electron chi connectivity index (χ4n) is 2.12. The lowest BCUT2D eigenvalue weighted by atomic mass is 10.2. The van der Waals surface area contributed by atoms with E-state index in [1.165, 1.54) is 16.9 Å². The number of nitrogens with zero attached hydrogens (tertiary/aromatic N) is 1. The van der Waals surface area contributed by atoms with E-state index in [9.17, 15) is 9.59 Å². The maximum atomic E-state index is 12.3. The van der Waals surface area contributed by atoms with Gasteiger partial charge in [0.25, 0.3) is 5.91 Å². The van der Waals surface area contributed by atoms with Crippen molar-refractivity contribution in [1.82, 2.24) is 4.90 Å². The molecular weight excluding hydrogens is 266 g/mol. The first kappa shape index (κ1) is 14.0. The molecule has 6 heteroatoms. The lowest BCUT2D eigenvalue weighted by Crippen LogP contribution is -2.48. The van der Waals surface area contributed by atoms with Crippen molar-refractivity contribution in [3.05, 3.63) is 21.4 Å². The predicted octanol–water partition coefficient (Wildman–Crippen LogP) is 1.54. The van der Waals surface area contributed by atoms with Crippen LogP contribution < -0.4 is 0 Å². The number of thiophene rings is 1. The van der Waals surface area contributed by atoms with Crippen molar-refractivity contribution in [2.24, 2.45) is 0 Å². The minimum absolute atomic E-state index is 0.0950. The number of hydrogen-bond acceptors (Lipinski definition) is 4. The molecule has 1 aromatic heterocycles. The number of aryl methyl sites for hydroxylation is 2. The van der Waals surface area contributed by atoms with Gasteiger partial charge in [0.05, 0.1) is 18.0 Å². The lowest BCUT2D eigenvalue weighted by molar-refractivity contribution is -0.154. The monoisotopic (exact) mass is 283 g/mol. The molecule has 1 N–H and O–H groups in total. The van der Waals surface area contributed by atoms with E-state index in [2.05, 4.69) is 6.92 Å². The predicted molar refractivity (Wildman–Crippen MR) is 71.7 cm³/mol. The number of carboxylic acid groups (broad SMARTS) is 1. The molecule has 1 aliphatic rings. The van der Waals surface area contributed by atoms with Gasteiger partial charge in [0.1, 0.15) is 0 Å². The molecule has 0 aliphatic carbocycles. The summed E-state index contributed by atoms with van der Waals surface area (Å²) in [6.45, 7) is 4.89. The Morgan fingerprint density at radius 2 is 2.32 bits per heavy atom. The fraction of sp³-hybridized carbons (Fsp3) is 0.538. The van der Waals surface area contributed by atoms with Crippen LogP contribution in [0.25, 0.3) is 0 Å². The number of rotatable bonds is 3. The molecule has 1 aromatic rings. The van der Waals surface area contributed by atoms with Crippen LogP contribution in [-0.4, -0.2) is 47.7 Å². The molecule has 19 heavy (non-hydrogen) atoms. The van der Waals surface area contributed by atoms with E-state index in [1.807, 2.05) is 13.0 Å². The highest BCUT2D eigenvalue weighted by Crippen LogP contribution is 2.24. The largest absolute Gasteiger partial charge is 0.479 e. The molecular formula is C13H17NO4S. The summed E-state index contributed by atoms with van der Waals surface area (Å²) in [6, 6.07) is 1.91. The molecule has 0 spiro atoms. The molecule has 1 saturated heterocycles. The Hall–Kier alpha value is -1.40. The number of aliphatic carboxylic acids is 1. The SMILES string of the molecule is CCc1cc(C(=O)N2CCOC(C(=O)O)C2)sc1C. The number of hydrogen-bond donors (Lipinski definition) is 1. The maximum Gasteiger partial charge on any atom is 0.334 e. The zero-order chi connectivity index (χ0) is 14.0. The highest BCUT2D eigenvalue weighted by atomic mass is 32.1. The van der Waals surface area contributed by atoms with Crippen LogP contribution in [0.3, 0.4) is 0 Å². The van der Waals surface area contributed by atoms with E-state index in [0.717, 1.165) is 11.3 Å². The molecule has 2 rings (SSSR count). The molecule has 0 bridgehead atoms. The number of morpholine rings is 1. The number of amides is 1. The standard InChI is InChI=1S/C13H17NO4S/c1-3-9-6-11(19-8(9)2)12(15)14-4-5-18-10(7-14)13(16)17/h6,10H,3-5,7H2,1-2H3,(H,16,17). The number of carbonyl (C=O) groups excluding carboxylic acids is 1. The van der Waals surface area contributed by atoms with Crippen LogP contribution in [0.2, 0.25) is 0 Å². The summed E-state index contributed by atoms with van der Waals surface area (Å²) in [7, 11) is 0. The zero-order valence-corrected chi connectivity index (χ0v) is 11.8. The Morgan fingerprint density at radius 1 is 1.58 bits per heavy atom. The molecule has 5 nitrogen and oxygen atoms in total.